The number of rotatable bonds is 2. The van der Waals surface area contributed by atoms with Gasteiger partial charge in [0.2, 0.25) is 11.9 Å². The van der Waals surface area contributed by atoms with Crippen molar-refractivity contribution in [2.75, 3.05) is 0 Å². The third-order valence-corrected chi connectivity index (χ3v) is 1.59. The van der Waals surface area contributed by atoms with Gasteiger partial charge < -0.3 is 10.5 Å². The van der Waals surface area contributed by atoms with Gasteiger partial charge in [-0.2, -0.15) is 0 Å². The highest BCUT2D eigenvalue weighted by atomic mass is 16.6. The SMILES string of the molecule is NC1(C(=O)NC=O)CC(=O)OC1=O. The van der Waals surface area contributed by atoms with Crippen LogP contribution in [-0.2, 0) is 23.9 Å². The smallest absolute Gasteiger partial charge is 0.344 e. The Balaban J connectivity index is 2.87. The topological polar surface area (TPSA) is 116 Å². The highest BCUT2D eigenvalue weighted by molar-refractivity contribution is 6.17. The minimum atomic E-state index is -2.06. The van der Waals surface area contributed by atoms with Gasteiger partial charge in [0.05, 0.1) is 6.42 Å². The van der Waals surface area contributed by atoms with Crippen LogP contribution in [0.3, 0.4) is 0 Å². The molecule has 3 N–H and O–H groups in total. The number of carbonyl (C=O) groups is 4. The summed E-state index contributed by atoms with van der Waals surface area (Å²) in [5.41, 5.74) is 3.20. The average Bonchev–Trinajstić information content (AvgIpc) is 2.28. The maximum atomic E-state index is 11.0. The van der Waals surface area contributed by atoms with Crippen LogP contribution in [0.5, 0.6) is 0 Å². The summed E-state index contributed by atoms with van der Waals surface area (Å²) in [6, 6.07) is 0. The molecule has 0 aromatic heterocycles. The summed E-state index contributed by atoms with van der Waals surface area (Å²) in [5.74, 6) is -3.07. The first-order valence-electron chi connectivity index (χ1n) is 3.29. The van der Waals surface area contributed by atoms with E-state index in [1.165, 1.54) is 0 Å². The first-order valence-corrected chi connectivity index (χ1v) is 3.29. The molecule has 0 saturated carbocycles. The minimum Gasteiger partial charge on any atom is -0.391 e. The molecular weight excluding hydrogens is 180 g/mol. The number of hydrogen-bond acceptors (Lipinski definition) is 6. The molecule has 0 aromatic carbocycles. The van der Waals surface area contributed by atoms with Crippen molar-refractivity contribution in [3.8, 4) is 0 Å². The van der Waals surface area contributed by atoms with Crippen LogP contribution in [0.1, 0.15) is 6.42 Å². The molecule has 70 valence electrons. The number of esters is 2. The van der Waals surface area contributed by atoms with Gasteiger partial charge in [-0.3, -0.25) is 19.7 Å². The number of carbonyl (C=O) groups excluding carboxylic acids is 4. The Kier molecular flexibility index (Phi) is 2.11. The second-order valence-electron chi connectivity index (χ2n) is 2.50. The van der Waals surface area contributed by atoms with Gasteiger partial charge in [0, 0.05) is 0 Å². The van der Waals surface area contributed by atoms with E-state index in [4.69, 9.17) is 5.73 Å². The second-order valence-corrected chi connectivity index (χ2v) is 2.50. The van der Waals surface area contributed by atoms with E-state index in [1.54, 1.807) is 5.32 Å². The number of cyclic esters (lactones) is 2. The fourth-order valence-electron chi connectivity index (χ4n) is 0.886. The molecule has 7 heteroatoms. The number of imide groups is 1. The van der Waals surface area contributed by atoms with E-state index in [9.17, 15) is 19.2 Å². The van der Waals surface area contributed by atoms with E-state index in [-0.39, 0.29) is 6.41 Å². The molecule has 7 nitrogen and oxygen atoms in total. The van der Waals surface area contributed by atoms with Gasteiger partial charge in [-0.15, -0.1) is 0 Å². The summed E-state index contributed by atoms with van der Waals surface area (Å²) < 4.78 is 4.06. The normalized spacial score (nSPS) is 26.8. The van der Waals surface area contributed by atoms with Crippen molar-refractivity contribution >= 4 is 24.3 Å². The minimum absolute atomic E-state index is 0.0764. The lowest BCUT2D eigenvalue weighted by Gasteiger charge is -2.13. The molecule has 1 rings (SSSR count). The molecule has 0 spiro atoms. The summed E-state index contributed by atoms with van der Waals surface area (Å²) >= 11 is 0. The Morgan fingerprint density at radius 3 is 2.62 bits per heavy atom. The van der Waals surface area contributed by atoms with Crippen molar-refractivity contribution in [3.05, 3.63) is 0 Å². The van der Waals surface area contributed by atoms with Crippen molar-refractivity contribution < 1.29 is 23.9 Å². The predicted octanol–water partition coefficient (Wildman–Crippen LogP) is -2.57. The molecule has 1 heterocycles. The summed E-state index contributed by atoms with van der Waals surface area (Å²) in [7, 11) is 0. The van der Waals surface area contributed by atoms with Crippen molar-refractivity contribution in [3.63, 3.8) is 0 Å². The largest absolute Gasteiger partial charge is 0.391 e. The van der Waals surface area contributed by atoms with Crippen LogP contribution in [-0.4, -0.2) is 29.8 Å². The van der Waals surface area contributed by atoms with Gasteiger partial charge in [-0.05, 0) is 0 Å². The van der Waals surface area contributed by atoms with E-state index in [0.29, 0.717) is 0 Å². The fourth-order valence-corrected chi connectivity index (χ4v) is 0.886. The average molecular weight is 186 g/mol. The lowest BCUT2D eigenvalue weighted by atomic mass is 9.98. The van der Waals surface area contributed by atoms with Gasteiger partial charge in [0.1, 0.15) is 0 Å². The molecular formula is C6H6N2O5. The fraction of sp³-hybridized carbons (Fsp3) is 0.333. The number of hydrogen-bond donors (Lipinski definition) is 2. The third-order valence-electron chi connectivity index (χ3n) is 1.59. The summed E-state index contributed by atoms with van der Waals surface area (Å²) in [4.78, 5) is 42.3. The first-order chi connectivity index (χ1) is 6.00. The molecule has 0 aromatic rings. The first kappa shape index (κ1) is 9.33. The van der Waals surface area contributed by atoms with E-state index < -0.39 is 29.8 Å². The molecule has 2 amide bonds. The van der Waals surface area contributed by atoms with Crippen LogP contribution in [0, 0.1) is 0 Å². The molecule has 1 fully saturated rings. The zero-order valence-electron chi connectivity index (χ0n) is 6.40. The molecule has 1 saturated heterocycles. The number of nitrogens with one attached hydrogen (secondary N) is 1. The van der Waals surface area contributed by atoms with Crippen molar-refractivity contribution in [1.82, 2.24) is 5.32 Å². The van der Waals surface area contributed by atoms with Crippen LogP contribution < -0.4 is 11.1 Å². The predicted molar refractivity (Wildman–Crippen MR) is 36.8 cm³/mol. The van der Waals surface area contributed by atoms with Gasteiger partial charge in [-0.25, -0.2) is 4.79 Å². The third kappa shape index (κ3) is 1.41. The molecule has 0 aliphatic carbocycles. The van der Waals surface area contributed by atoms with Gasteiger partial charge in [0.25, 0.3) is 5.91 Å². The van der Waals surface area contributed by atoms with Crippen molar-refractivity contribution in [2.45, 2.75) is 12.0 Å². The van der Waals surface area contributed by atoms with E-state index in [1.807, 2.05) is 0 Å². The lowest BCUT2D eigenvalue weighted by Crippen LogP contribution is -2.57. The summed E-state index contributed by atoms with van der Waals surface area (Å²) in [6.45, 7) is 0. The zero-order chi connectivity index (χ0) is 10.1. The maximum absolute atomic E-state index is 11.0. The van der Waals surface area contributed by atoms with Crippen molar-refractivity contribution in [2.24, 2.45) is 5.73 Å². The molecule has 0 radical (unpaired) electrons. The molecule has 1 aliphatic rings. The zero-order valence-corrected chi connectivity index (χ0v) is 6.40. The van der Waals surface area contributed by atoms with Crippen LogP contribution >= 0.6 is 0 Å². The maximum Gasteiger partial charge on any atom is 0.344 e. The van der Waals surface area contributed by atoms with Crippen LogP contribution in [0.4, 0.5) is 0 Å². The van der Waals surface area contributed by atoms with Gasteiger partial charge in [-0.1, -0.05) is 0 Å². The van der Waals surface area contributed by atoms with Crippen LogP contribution in [0.2, 0.25) is 0 Å². The van der Waals surface area contributed by atoms with Gasteiger partial charge in [0.15, 0.2) is 0 Å². The molecule has 1 atom stereocenters. The van der Waals surface area contributed by atoms with Crippen LogP contribution in [0.25, 0.3) is 0 Å². The number of nitrogens with two attached hydrogens (primary N) is 1. The van der Waals surface area contributed by atoms with Gasteiger partial charge >= 0.3 is 11.9 Å². The van der Waals surface area contributed by atoms with E-state index in [0.717, 1.165) is 0 Å². The number of ether oxygens (including phenoxy) is 1. The molecule has 1 unspecified atom stereocenters. The standard InChI is InChI=1S/C6H6N2O5/c7-6(4(11)8-2-9)1-3(10)13-5(6)12/h2H,1,7H2,(H,8,9,11). The second kappa shape index (κ2) is 2.94. The lowest BCUT2D eigenvalue weighted by molar-refractivity contribution is -0.154. The highest BCUT2D eigenvalue weighted by Crippen LogP contribution is 2.18. The molecule has 0 bridgehead atoms. The molecule has 1 aliphatic heterocycles. The van der Waals surface area contributed by atoms with Crippen molar-refractivity contribution in [1.29, 1.82) is 0 Å². The quantitative estimate of drug-likeness (QED) is 0.278. The Morgan fingerprint density at radius 1 is 1.62 bits per heavy atom. The Morgan fingerprint density at radius 2 is 2.23 bits per heavy atom. The highest BCUT2D eigenvalue weighted by Gasteiger charge is 2.52. The monoisotopic (exact) mass is 186 g/mol. The Hall–Kier alpha value is -1.76. The van der Waals surface area contributed by atoms with Crippen LogP contribution in [0.15, 0.2) is 0 Å². The molecule has 13 heavy (non-hydrogen) atoms. The Labute approximate surface area is 72.2 Å². The van der Waals surface area contributed by atoms with E-state index >= 15 is 0 Å². The Bertz CT molecular complexity index is 299. The summed E-state index contributed by atoms with van der Waals surface area (Å²) in [6.07, 6.45) is -0.474. The number of amides is 2. The summed E-state index contributed by atoms with van der Waals surface area (Å²) in [5, 5.41) is 1.68. The van der Waals surface area contributed by atoms with E-state index in [2.05, 4.69) is 4.74 Å².